The third-order valence-electron chi connectivity index (χ3n) is 6.42. The molecule has 9 heteroatoms. The molecule has 2 aliphatic rings. The molecule has 2 saturated heterocycles. The van der Waals surface area contributed by atoms with Gasteiger partial charge >= 0.3 is 5.97 Å². The fourth-order valence-corrected chi connectivity index (χ4v) is 4.96. The second-order valence-electron chi connectivity index (χ2n) is 8.61. The van der Waals surface area contributed by atoms with E-state index >= 15 is 0 Å². The predicted octanol–water partition coefficient (Wildman–Crippen LogP) is 4.15. The van der Waals surface area contributed by atoms with E-state index in [0.29, 0.717) is 16.2 Å². The highest BCUT2D eigenvalue weighted by molar-refractivity contribution is 6.33. The molecule has 4 atom stereocenters. The van der Waals surface area contributed by atoms with Crippen LogP contribution in [0.2, 0.25) is 5.02 Å². The first-order valence-corrected chi connectivity index (χ1v) is 11.6. The summed E-state index contributed by atoms with van der Waals surface area (Å²) in [6.45, 7) is 0.325. The molecule has 4 aromatic rings. The van der Waals surface area contributed by atoms with Gasteiger partial charge in [-0.15, -0.1) is 0 Å². The number of carboxylic acid groups (broad SMARTS) is 1. The predicted molar refractivity (Wildman–Crippen MR) is 129 cm³/mol. The number of aromatic nitrogens is 2. The number of aromatic carboxylic acids is 1. The number of hydrogen-bond donors (Lipinski definition) is 3. The highest BCUT2D eigenvalue weighted by Crippen LogP contribution is 2.37. The Hall–Kier alpha value is -3.43. The Morgan fingerprint density at radius 1 is 1.00 bits per heavy atom. The van der Waals surface area contributed by atoms with Gasteiger partial charge < -0.3 is 29.4 Å². The van der Waals surface area contributed by atoms with Gasteiger partial charge in [0.15, 0.2) is 6.10 Å². The van der Waals surface area contributed by atoms with Gasteiger partial charge in [0.2, 0.25) is 5.88 Å². The summed E-state index contributed by atoms with van der Waals surface area (Å²) in [7, 11) is 0. The molecule has 35 heavy (non-hydrogen) atoms. The van der Waals surface area contributed by atoms with Gasteiger partial charge in [0.25, 0.3) is 0 Å². The molecule has 2 fully saturated rings. The molecule has 0 bridgehead atoms. The Morgan fingerprint density at radius 3 is 2.43 bits per heavy atom. The number of H-pyrrole nitrogens is 1. The molecule has 3 N–H and O–H groups in total. The summed E-state index contributed by atoms with van der Waals surface area (Å²) in [5.41, 5.74) is 3.95. The van der Waals surface area contributed by atoms with Crippen LogP contribution in [0.3, 0.4) is 0 Å². The summed E-state index contributed by atoms with van der Waals surface area (Å²) in [5, 5.41) is 20.3. The van der Waals surface area contributed by atoms with E-state index in [2.05, 4.69) is 9.97 Å². The minimum absolute atomic E-state index is 0.0480. The molecule has 6 rings (SSSR count). The van der Waals surface area contributed by atoms with Crippen molar-refractivity contribution in [3.05, 3.63) is 71.2 Å². The van der Waals surface area contributed by atoms with Crippen molar-refractivity contribution < 1.29 is 29.2 Å². The lowest BCUT2D eigenvalue weighted by Gasteiger charge is -2.17. The monoisotopic (exact) mass is 492 g/mol. The minimum atomic E-state index is -1.19. The number of rotatable bonds is 5. The fourth-order valence-electron chi connectivity index (χ4n) is 4.70. The molecule has 0 amide bonds. The van der Waals surface area contributed by atoms with E-state index in [9.17, 15) is 15.0 Å². The van der Waals surface area contributed by atoms with Crippen molar-refractivity contribution in [2.75, 3.05) is 13.2 Å². The number of carboxylic acids is 1. The van der Waals surface area contributed by atoms with Gasteiger partial charge in [-0.1, -0.05) is 66.2 Å². The first kappa shape index (κ1) is 22.1. The maximum absolute atomic E-state index is 12.2. The van der Waals surface area contributed by atoms with Crippen molar-refractivity contribution in [2.24, 2.45) is 0 Å². The number of nitrogens with one attached hydrogen (secondary N) is 1. The largest absolute Gasteiger partial charge is 0.477 e. The summed E-state index contributed by atoms with van der Waals surface area (Å²) in [6.07, 6.45) is -2.26. The Bertz CT molecular complexity index is 1410. The highest BCUT2D eigenvalue weighted by Gasteiger charge is 2.49. The van der Waals surface area contributed by atoms with Crippen molar-refractivity contribution >= 4 is 28.6 Å². The summed E-state index contributed by atoms with van der Waals surface area (Å²) in [6, 6.07) is 19.4. The topological polar surface area (TPSA) is 114 Å². The van der Waals surface area contributed by atoms with Gasteiger partial charge in [-0.05, 0) is 17.2 Å². The number of hydrogen-bond acceptors (Lipinski definition) is 6. The number of aromatic amines is 1. The Morgan fingerprint density at radius 2 is 1.69 bits per heavy atom. The van der Waals surface area contributed by atoms with E-state index < -0.39 is 30.4 Å². The van der Waals surface area contributed by atoms with Gasteiger partial charge in [0, 0.05) is 5.56 Å². The van der Waals surface area contributed by atoms with Crippen LogP contribution in [-0.2, 0) is 9.47 Å². The van der Waals surface area contributed by atoms with Crippen LogP contribution in [0.5, 0.6) is 5.88 Å². The lowest BCUT2D eigenvalue weighted by atomic mass is 10.0. The molecule has 2 aromatic heterocycles. The second-order valence-corrected chi connectivity index (χ2v) is 9.02. The average Bonchev–Trinajstić information content (AvgIpc) is 3.54. The van der Waals surface area contributed by atoms with Crippen LogP contribution >= 0.6 is 11.6 Å². The van der Waals surface area contributed by atoms with Crippen molar-refractivity contribution in [1.29, 1.82) is 0 Å². The number of fused-ring (bicyclic) bond motifs is 2. The van der Waals surface area contributed by atoms with E-state index in [1.807, 2.05) is 54.6 Å². The van der Waals surface area contributed by atoms with E-state index in [4.69, 9.17) is 25.8 Å². The molecule has 178 valence electrons. The lowest BCUT2D eigenvalue weighted by molar-refractivity contribution is 0.00766. The first-order chi connectivity index (χ1) is 17.0. The van der Waals surface area contributed by atoms with Crippen LogP contribution in [-0.4, -0.2) is 63.8 Å². The number of aliphatic hydroxyl groups excluding tert-OH is 1. The highest BCUT2D eigenvalue weighted by atomic mass is 35.5. The van der Waals surface area contributed by atoms with Crippen LogP contribution in [0.25, 0.3) is 33.4 Å². The number of aliphatic hydroxyl groups is 1. The average molecular weight is 493 g/mol. The molecule has 4 heterocycles. The van der Waals surface area contributed by atoms with Gasteiger partial charge in [-0.2, -0.15) is 0 Å². The first-order valence-electron chi connectivity index (χ1n) is 11.2. The Labute approximate surface area is 205 Å². The maximum Gasteiger partial charge on any atom is 0.343 e. The summed E-state index contributed by atoms with van der Waals surface area (Å²) in [5.74, 6) is -1.14. The van der Waals surface area contributed by atoms with Crippen molar-refractivity contribution in [1.82, 2.24) is 9.97 Å². The molecule has 0 spiro atoms. The quantitative estimate of drug-likeness (QED) is 0.383. The zero-order chi connectivity index (χ0) is 24.1. The van der Waals surface area contributed by atoms with Crippen molar-refractivity contribution in [3.8, 4) is 28.3 Å². The van der Waals surface area contributed by atoms with Crippen LogP contribution in [0.4, 0.5) is 0 Å². The number of pyridine rings is 1. The zero-order valence-corrected chi connectivity index (χ0v) is 19.1. The maximum atomic E-state index is 12.2. The number of benzene rings is 2. The standard InChI is InChI=1S/C26H21ClN2O6/c27-16-10-17-22(29-21(16)15-8-6-14(7-9-15)13-4-2-1-3-5-13)20(26(31)32)25(28-17)35-19-12-34-23-18(30)11-33-24(19)23/h1-10,18-19,23-24,28,30H,11-12H2,(H,31,32)/t18-,19-,23-,24-/m1/s1. The molecular weight excluding hydrogens is 472 g/mol. The van der Waals surface area contributed by atoms with E-state index in [-0.39, 0.29) is 30.2 Å². The molecule has 0 saturated carbocycles. The fraction of sp³-hybridized carbons (Fsp3) is 0.231. The van der Waals surface area contributed by atoms with Crippen LogP contribution in [0.15, 0.2) is 60.7 Å². The third-order valence-corrected chi connectivity index (χ3v) is 6.71. The number of ether oxygens (including phenoxy) is 3. The van der Waals surface area contributed by atoms with Gasteiger partial charge in [0.05, 0.1) is 29.4 Å². The molecular formula is C26H21ClN2O6. The van der Waals surface area contributed by atoms with Crippen molar-refractivity contribution in [2.45, 2.75) is 24.4 Å². The number of carbonyl (C=O) groups is 1. The molecule has 8 nitrogen and oxygen atoms in total. The smallest absolute Gasteiger partial charge is 0.343 e. The molecule has 2 aromatic carbocycles. The van der Waals surface area contributed by atoms with Gasteiger partial charge in [-0.3, -0.25) is 0 Å². The lowest BCUT2D eigenvalue weighted by Crippen LogP contribution is -2.34. The van der Waals surface area contributed by atoms with E-state index in [1.165, 1.54) is 0 Å². The number of nitrogens with zero attached hydrogens (tertiary/aromatic N) is 1. The zero-order valence-electron chi connectivity index (χ0n) is 18.3. The van der Waals surface area contributed by atoms with Gasteiger partial charge in [0.1, 0.15) is 29.4 Å². The summed E-state index contributed by atoms with van der Waals surface area (Å²) in [4.78, 5) is 19.8. The molecule has 0 unspecified atom stereocenters. The van der Waals surface area contributed by atoms with E-state index in [1.54, 1.807) is 6.07 Å². The SMILES string of the molecule is O=C(O)c1c(O[C@@H]2CO[C@H]3[C@@H]2OC[C@H]3O)[nH]c2cc(Cl)c(-c3ccc(-c4ccccc4)cc3)nc12. The van der Waals surface area contributed by atoms with Crippen LogP contribution in [0, 0.1) is 0 Å². The van der Waals surface area contributed by atoms with E-state index in [0.717, 1.165) is 16.7 Å². The number of halogens is 1. The summed E-state index contributed by atoms with van der Waals surface area (Å²) < 4.78 is 17.2. The summed E-state index contributed by atoms with van der Waals surface area (Å²) >= 11 is 6.56. The molecule has 0 aliphatic carbocycles. The molecule has 2 aliphatic heterocycles. The van der Waals surface area contributed by atoms with Gasteiger partial charge in [-0.25, -0.2) is 9.78 Å². The van der Waals surface area contributed by atoms with Crippen molar-refractivity contribution in [3.63, 3.8) is 0 Å². The molecule has 0 radical (unpaired) electrons. The van der Waals surface area contributed by atoms with Crippen LogP contribution < -0.4 is 4.74 Å². The Kier molecular flexibility index (Phi) is 5.46. The Balaban J connectivity index is 1.36. The minimum Gasteiger partial charge on any atom is -0.477 e. The van der Waals surface area contributed by atoms with Crippen LogP contribution in [0.1, 0.15) is 10.4 Å². The second kappa shape index (κ2) is 8.66. The normalized spacial score (nSPS) is 23.5. The third kappa shape index (κ3) is 3.84.